The van der Waals surface area contributed by atoms with Crippen molar-refractivity contribution in [2.75, 3.05) is 24.6 Å². The van der Waals surface area contributed by atoms with Crippen molar-refractivity contribution < 1.29 is 9.47 Å². The highest BCUT2D eigenvalue weighted by molar-refractivity contribution is 6.34. The van der Waals surface area contributed by atoms with Crippen LogP contribution in [0.1, 0.15) is 36.0 Å². The lowest BCUT2D eigenvalue weighted by Gasteiger charge is -2.27. The van der Waals surface area contributed by atoms with Crippen molar-refractivity contribution in [3.63, 3.8) is 0 Å². The number of ether oxygens (including phenoxy) is 2. The van der Waals surface area contributed by atoms with Crippen LogP contribution < -0.4 is 20.9 Å². The Kier molecular flexibility index (Phi) is 8.84. The fourth-order valence-electron chi connectivity index (χ4n) is 4.99. The third kappa shape index (κ3) is 6.55. The van der Waals surface area contributed by atoms with Gasteiger partial charge in [0.1, 0.15) is 30.4 Å². The summed E-state index contributed by atoms with van der Waals surface area (Å²) in [6.07, 6.45) is 3.63. The fourth-order valence-corrected chi connectivity index (χ4v) is 5.28. The molecular formula is C32H33ClN4O3. The van der Waals surface area contributed by atoms with Crippen LogP contribution in [-0.2, 0) is 19.8 Å². The van der Waals surface area contributed by atoms with Crippen LogP contribution in [-0.4, -0.2) is 18.0 Å². The Bertz CT molecular complexity index is 1470. The Balaban J connectivity index is 1.38. The Morgan fingerprint density at radius 2 is 1.55 bits per heavy atom. The number of hydrogen-bond donors (Lipinski definition) is 2. The number of rotatable bonds is 10. The molecule has 0 spiro atoms. The van der Waals surface area contributed by atoms with Crippen LogP contribution in [0, 0.1) is 4.91 Å². The second-order valence-electron chi connectivity index (χ2n) is 10.0. The average molecular weight is 557 g/mol. The van der Waals surface area contributed by atoms with E-state index in [-0.39, 0.29) is 18.9 Å². The predicted molar refractivity (Wildman–Crippen MR) is 162 cm³/mol. The first-order valence-electron chi connectivity index (χ1n) is 13.5. The molecule has 0 aromatic heterocycles. The molecule has 0 bridgehead atoms. The third-order valence-corrected chi connectivity index (χ3v) is 7.61. The average Bonchev–Trinajstić information content (AvgIpc) is 2.98. The van der Waals surface area contributed by atoms with Gasteiger partial charge in [-0.05, 0) is 60.4 Å². The molecule has 1 fully saturated rings. The van der Waals surface area contributed by atoms with Gasteiger partial charge in [0, 0.05) is 29.3 Å². The predicted octanol–water partition coefficient (Wildman–Crippen LogP) is 7.71. The van der Waals surface area contributed by atoms with Gasteiger partial charge in [0.05, 0.1) is 16.4 Å². The van der Waals surface area contributed by atoms with Gasteiger partial charge in [-0.15, -0.1) is 4.91 Å². The number of nitroso groups, excluding NO2 is 1. The summed E-state index contributed by atoms with van der Waals surface area (Å²) in [6, 6.07) is 24.8. The Morgan fingerprint density at radius 1 is 0.775 bits per heavy atom. The highest BCUT2D eigenvalue weighted by atomic mass is 35.5. The molecule has 4 aromatic carbocycles. The highest BCUT2D eigenvalue weighted by Crippen LogP contribution is 2.36. The van der Waals surface area contributed by atoms with Gasteiger partial charge in [-0.2, -0.15) is 0 Å². The van der Waals surface area contributed by atoms with E-state index in [1.165, 1.54) is 19.3 Å². The molecule has 0 saturated carbocycles. The lowest BCUT2D eigenvalue weighted by molar-refractivity contribution is 0.214. The van der Waals surface area contributed by atoms with Crippen molar-refractivity contribution in [1.29, 1.82) is 0 Å². The molecule has 206 valence electrons. The summed E-state index contributed by atoms with van der Waals surface area (Å²) >= 11 is 6.79. The van der Waals surface area contributed by atoms with Crippen molar-refractivity contribution in [3.8, 4) is 22.6 Å². The second-order valence-corrected chi connectivity index (χ2v) is 10.4. The summed E-state index contributed by atoms with van der Waals surface area (Å²) in [5.74, 6) is 1.22. The molecule has 7 nitrogen and oxygen atoms in total. The second kappa shape index (κ2) is 12.9. The first kappa shape index (κ1) is 27.5. The molecule has 1 heterocycles. The van der Waals surface area contributed by atoms with E-state index in [1.807, 2.05) is 60.7 Å². The Labute approximate surface area is 239 Å². The van der Waals surface area contributed by atoms with Gasteiger partial charge in [0.15, 0.2) is 0 Å². The van der Waals surface area contributed by atoms with E-state index in [2.05, 4.69) is 10.1 Å². The largest absolute Gasteiger partial charge is 0.488 e. The summed E-state index contributed by atoms with van der Waals surface area (Å²) in [6.45, 7) is 3.35. The quantitative estimate of drug-likeness (QED) is 0.153. The van der Waals surface area contributed by atoms with E-state index in [0.717, 1.165) is 47.5 Å². The molecule has 1 aliphatic heterocycles. The van der Waals surface area contributed by atoms with Gasteiger partial charge in [-0.1, -0.05) is 72.6 Å². The van der Waals surface area contributed by atoms with Crippen LogP contribution in [0.4, 0.5) is 17.1 Å². The molecule has 1 saturated heterocycles. The zero-order chi connectivity index (χ0) is 27.9. The van der Waals surface area contributed by atoms with Crippen molar-refractivity contribution in [2.24, 2.45) is 5.18 Å². The van der Waals surface area contributed by atoms with Gasteiger partial charge in [-0.25, -0.2) is 0 Å². The molecule has 8 heteroatoms. The summed E-state index contributed by atoms with van der Waals surface area (Å²) in [5.41, 5.74) is 18.2. The van der Waals surface area contributed by atoms with Crippen molar-refractivity contribution >= 4 is 28.7 Å². The number of likely N-dealkylation sites (tertiary alicyclic amines) is 1. The van der Waals surface area contributed by atoms with Crippen molar-refractivity contribution in [2.45, 2.75) is 39.0 Å². The minimum absolute atomic E-state index is 0.215. The van der Waals surface area contributed by atoms with Crippen LogP contribution in [0.3, 0.4) is 0 Å². The molecule has 0 radical (unpaired) electrons. The number of piperidine rings is 1. The lowest BCUT2D eigenvalue weighted by Crippen LogP contribution is -2.29. The molecule has 0 aliphatic carbocycles. The first-order chi connectivity index (χ1) is 19.5. The molecule has 0 atom stereocenters. The number of hydrogen-bond acceptors (Lipinski definition) is 7. The summed E-state index contributed by atoms with van der Waals surface area (Å²) in [7, 11) is 0. The zero-order valence-corrected chi connectivity index (χ0v) is 23.1. The number of anilines is 2. The van der Waals surface area contributed by atoms with E-state index in [1.54, 1.807) is 18.2 Å². The Morgan fingerprint density at radius 3 is 2.30 bits per heavy atom. The number of benzene rings is 4. The molecule has 0 unspecified atom stereocenters. The van der Waals surface area contributed by atoms with Gasteiger partial charge < -0.3 is 20.9 Å². The standard InChI is InChI=1S/C32H33ClN4O3/c33-32-24(10-7-11-26(32)23-8-3-1-4-9-23)21-40-31-18-30(39-20-22-12-13-29(36-38)27(34)16-22)25(17-28(31)35)19-37-14-5-2-6-15-37/h1,3-4,7-13,16-18H,2,5-6,14-15,19-21,34-35H2. The monoisotopic (exact) mass is 556 g/mol. The van der Waals surface area contributed by atoms with E-state index in [4.69, 9.17) is 32.5 Å². The van der Waals surface area contributed by atoms with Crippen LogP contribution in [0.5, 0.6) is 11.5 Å². The van der Waals surface area contributed by atoms with Crippen LogP contribution in [0.2, 0.25) is 5.02 Å². The number of nitrogen functional groups attached to an aromatic ring is 2. The topological polar surface area (TPSA) is 103 Å². The van der Waals surface area contributed by atoms with E-state index in [0.29, 0.717) is 27.9 Å². The number of nitrogens with two attached hydrogens (primary N) is 2. The number of halogens is 1. The van der Waals surface area contributed by atoms with E-state index >= 15 is 0 Å². The Hall–Kier alpha value is -4.07. The highest BCUT2D eigenvalue weighted by Gasteiger charge is 2.17. The minimum Gasteiger partial charge on any atom is -0.488 e. The fraction of sp³-hybridized carbons (Fsp3) is 0.250. The summed E-state index contributed by atoms with van der Waals surface area (Å²) in [4.78, 5) is 13.3. The maximum absolute atomic E-state index is 10.9. The maximum atomic E-state index is 10.9. The number of nitrogens with zero attached hydrogens (tertiary/aromatic N) is 2. The van der Waals surface area contributed by atoms with Crippen LogP contribution in [0.25, 0.3) is 11.1 Å². The van der Waals surface area contributed by atoms with Crippen LogP contribution in [0.15, 0.2) is 84.0 Å². The minimum atomic E-state index is 0.215. The van der Waals surface area contributed by atoms with Crippen molar-refractivity contribution in [3.05, 3.63) is 105 Å². The van der Waals surface area contributed by atoms with E-state index < -0.39 is 0 Å². The molecule has 4 N–H and O–H groups in total. The summed E-state index contributed by atoms with van der Waals surface area (Å²) < 4.78 is 12.5. The molecule has 4 aromatic rings. The molecule has 0 amide bonds. The zero-order valence-electron chi connectivity index (χ0n) is 22.3. The molecule has 40 heavy (non-hydrogen) atoms. The third-order valence-electron chi connectivity index (χ3n) is 7.17. The molecular weight excluding hydrogens is 524 g/mol. The van der Waals surface area contributed by atoms with Gasteiger partial charge in [0.2, 0.25) is 0 Å². The van der Waals surface area contributed by atoms with Crippen molar-refractivity contribution in [1.82, 2.24) is 4.90 Å². The normalized spacial score (nSPS) is 13.6. The molecule has 5 rings (SSSR count). The molecule has 1 aliphatic rings. The summed E-state index contributed by atoms with van der Waals surface area (Å²) in [5, 5.41) is 3.59. The van der Waals surface area contributed by atoms with Gasteiger partial charge in [0.25, 0.3) is 0 Å². The lowest BCUT2D eigenvalue weighted by atomic mass is 10.0. The van der Waals surface area contributed by atoms with Gasteiger partial charge in [-0.3, -0.25) is 4.90 Å². The maximum Gasteiger partial charge on any atom is 0.146 e. The van der Waals surface area contributed by atoms with Gasteiger partial charge >= 0.3 is 0 Å². The van der Waals surface area contributed by atoms with E-state index in [9.17, 15) is 4.91 Å². The SMILES string of the molecule is Nc1cc(COc2cc(OCc3cccc(-c4ccccc4)c3Cl)c(N)cc2CN2CCCCC2)ccc1N=O. The smallest absolute Gasteiger partial charge is 0.146 e. The van der Waals surface area contributed by atoms with Crippen LogP contribution >= 0.6 is 11.6 Å². The first-order valence-corrected chi connectivity index (χ1v) is 13.8.